The first-order valence-corrected chi connectivity index (χ1v) is 23.1. The first kappa shape index (κ1) is 31.4. The van der Waals surface area contributed by atoms with Gasteiger partial charge in [-0.15, -0.1) is 0 Å². The Balaban J connectivity index is 1.15. The molecule has 15 aromatic rings. The number of hydrogen-bond acceptors (Lipinski definition) is 3. The van der Waals surface area contributed by atoms with Crippen LogP contribution in [-0.4, -0.2) is 33.2 Å². The lowest BCUT2D eigenvalue weighted by atomic mass is 9.95. The maximum Gasteiger partial charge on any atom is 0.240 e. The third-order valence-electron chi connectivity index (χ3n) is 13.7. The summed E-state index contributed by atoms with van der Waals surface area (Å²) in [5, 5.41) is 5.96. The third-order valence-corrected chi connectivity index (χ3v) is 13.7. The van der Waals surface area contributed by atoms with Crippen LogP contribution >= 0.6 is 0 Å². The van der Waals surface area contributed by atoms with Gasteiger partial charge in [-0.1, -0.05) is 176 Å². The highest BCUT2D eigenvalue weighted by Crippen LogP contribution is 2.44. The van der Waals surface area contributed by atoms with Gasteiger partial charge in [0.05, 0.1) is 72.0 Å². The molecule has 5 aromatic heterocycles. The van der Waals surface area contributed by atoms with Crippen LogP contribution in [0.4, 0.5) is 0 Å². The number of benzene rings is 10. The Morgan fingerprint density at radius 2 is 0.614 bits per heavy atom. The predicted molar refractivity (Wildman–Crippen MR) is 288 cm³/mol. The van der Waals surface area contributed by atoms with Gasteiger partial charge in [-0.05, 0) is 66.2 Å². The van der Waals surface area contributed by atoms with Crippen LogP contribution in [0.2, 0.25) is 0 Å². The van der Waals surface area contributed by atoms with Gasteiger partial charge in [0.25, 0.3) is 0 Å². The molecule has 5 heterocycles. The van der Waals surface area contributed by atoms with Crippen molar-refractivity contribution in [1.29, 1.82) is 0 Å². The Labute approximate surface area is 412 Å². The van der Waals surface area contributed by atoms with E-state index in [-0.39, 0.29) is 39.5 Å². The van der Waals surface area contributed by atoms with E-state index in [0.29, 0.717) is 5.56 Å². The molecule has 7 nitrogen and oxygen atoms in total. The lowest BCUT2D eigenvalue weighted by molar-refractivity contribution is 0.892. The second-order valence-electron chi connectivity index (χ2n) is 17.4. The summed E-state index contributed by atoms with van der Waals surface area (Å²) in [6.07, 6.45) is 0. The molecule has 0 unspecified atom stereocenters. The van der Waals surface area contributed by atoms with E-state index in [9.17, 15) is 5.48 Å². The minimum atomic E-state index is -0.552. The summed E-state index contributed by atoms with van der Waals surface area (Å²) in [6, 6.07) is 59.6. The molecule has 0 aliphatic rings. The second-order valence-corrected chi connectivity index (χ2v) is 17.4. The van der Waals surface area contributed by atoms with Crippen LogP contribution in [0.1, 0.15) is 11.0 Å². The summed E-state index contributed by atoms with van der Waals surface area (Å²) in [5.41, 5.74) is 9.03. The number of rotatable bonds is 6. The number of aromatic nitrogens is 7. The molecule has 0 bridgehead atoms. The van der Waals surface area contributed by atoms with Crippen molar-refractivity contribution in [2.75, 3.05) is 0 Å². The summed E-state index contributed by atoms with van der Waals surface area (Å²) < 4.78 is 81.2. The molecule has 0 atom stereocenters. The van der Waals surface area contributed by atoms with Crippen molar-refractivity contribution in [1.82, 2.24) is 33.2 Å². The van der Waals surface area contributed by atoms with Crippen LogP contribution in [-0.2, 0) is 0 Å². The van der Waals surface area contributed by atoms with Crippen molar-refractivity contribution in [2.45, 2.75) is 0 Å². The summed E-state index contributed by atoms with van der Waals surface area (Å²) in [7, 11) is 0. The molecule has 7 heteroatoms. The maximum atomic E-state index is 9.55. The molecular weight excluding hydrogens is 855 g/mol. The molecule has 0 aliphatic heterocycles. The lowest BCUT2D eigenvalue weighted by Gasteiger charge is -2.21. The SMILES string of the molecule is [2H]c1c([2H])c([2H])c2c(c1[2H])c1c([2H])c([2H])c([2H])c([2H])c1n2-c1nc(-c2c(-c3ccccc3-n3c4ccccc4c4ccccc43)cccc2-n2c3ccccc3c3ccccc32)nc(-n2c3ccccc3c3ccccc32)n1. The number of fused-ring (bicyclic) bond motifs is 12. The predicted octanol–water partition coefficient (Wildman–Crippen LogP) is 15.6. The van der Waals surface area contributed by atoms with Crippen molar-refractivity contribution in [2.24, 2.45) is 0 Å². The molecule has 0 saturated carbocycles. The smallest absolute Gasteiger partial charge is 0.240 e. The van der Waals surface area contributed by atoms with Crippen molar-refractivity contribution in [3.05, 3.63) is 236 Å². The Morgan fingerprint density at radius 1 is 0.271 bits per heavy atom. The number of nitrogens with zero attached hydrogens (tertiary/aromatic N) is 7. The standard InChI is InChI=1S/C63H39N7/c1-10-30-50-40(20-1)41-21-2-11-31-51(41)67(50)54-34-14-9-28-48(54)49-29-19-39-59(68-52-32-12-3-22-42(52)43-23-4-13-33-53(43)68)60(49)61-64-62(69-55-35-15-5-24-44(55)45-25-6-16-36-56(45)69)66-63(65-61)70-57-37-17-7-26-46(57)47-27-8-18-38-58(47)70/h1-39H/i5D,6D,15D,16D,24D,25D,35D,36D. The zero-order valence-corrected chi connectivity index (χ0v) is 37.0. The minimum absolute atomic E-state index is 0.0881. The molecule has 10 aromatic carbocycles. The van der Waals surface area contributed by atoms with Gasteiger partial charge in [0.2, 0.25) is 11.9 Å². The van der Waals surface area contributed by atoms with E-state index in [1.54, 1.807) is 0 Å². The van der Waals surface area contributed by atoms with Crippen LogP contribution in [0.5, 0.6) is 0 Å². The molecule has 0 spiro atoms. The average molecular weight is 902 g/mol. The molecule has 0 amide bonds. The quantitative estimate of drug-likeness (QED) is 0.167. The van der Waals surface area contributed by atoms with Crippen molar-refractivity contribution in [3.63, 3.8) is 0 Å². The first-order chi connectivity index (χ1) is 38.1. The topological polar surface area (TPSA) is 58.4 Å². The Hall–Kier alpha value is -9.59. The Kier molecular flexibility index (Phi) is 6.71. The normalized spacial score (nSPS) is 13.6. The Morgan fingerprint density at radius 3 is 1.09 bits per heavy atom. The molecule has 0 radical (unpaired) electrons. The van der Waals surface area contributed by atoms with Gasteiger partial charge in [0.15, 0.2) is 5.82 Å². The Bertz CT molecular complexity index is 4870. The molecule has 0 fully saturated rings. The van der Waals surface area contributed by atoms with Crippen molar-refractivity contribution in [3.8, 4) is 45.8 Å². The van der Waals surface area contributed by atoms with Crippen LogP contribution in [0.15, 0.2) is 236 Å². The van der Waals surface area contributed by atoms with Crippen molar-refractivity contribution < 1.29 is 11.0 Å². The van der Waals surface area contributed by atoms with E-state index < -0.39 is 48.3 Å². The van der Waals surface area contributed by atoms with E-state index in [2.05, 4.69) is 94.1 Å². The van der Waals surface area contributed by atoms with Gasteiger partial charge >= 0.3 is 0 Å². The van der Waals surface area contributed by atoms with Gasteiger partial charge in [0.1, 0.15) is 0 Å². The highest BCUT2D eigenvalue weighted by Gasteiger charge is 2.27. The molecule has 0 aliphatic carbocycles. The zero-order valence-electron chi connectivity index (χ0n) is 45.0. The highest BCUT2D eigenvalue weighted by molar-refractivity contribution is 6.13. The summed E-state index contributed by atoms with van der Waals surface area (Å²) in [4.78, 5) is 16.3. The van der Waals surface area contributed by atoms with Crippen LogP contribution in [0.25, 0.3) is 133 Å². The van der Waals surface area contributed by atoms with Crippen molar-refractivity contribution >= 4 is 87.2 Å². The van der Waals surface area contributed by atoms with Gasteiger partial charge in [-0.3, -0.25) is 9.13 Å². The number of hydrogen-bond donors (Lipinski definition) is 0. The zero-order chi connectivity index (χ0) is 52.8. The summed E-state index contributed by atoms with van der Waals surface area (Å²) >= 11 is 0. The van der Waals surface area contributed by atoms with Crippen LogP contribution in [0, 0.1) is 0 Å². The van der Waals surface area contributed by atoms with Crippen LogP contribution in [0.3, 0.4) is 0 Å². The van der Waals surface area contributed by atoms with E-state index in [1.807, 2.05) is 108 Å². The monoisotopic (exact) mass is 901 g/mol. The van der Waals surface area contributed by atoms with Gasteiger partial charge in [-0.2, -0.15) is 15.0 Å². The second kappa shape index (κ2) is 15.0. The highest BCUT2D eigenvalue weighted by atomic mass is 15.3. The molecule has 326 valence electrons. The maximum absolute atomic E-state index is 9.55. The van der Waals surface area contributed by atoms with E-state index >= 15 is 0 Å². The average Bonchev–Trinajstić information content (AvgIpc) is 4.39. The molecule has 0 saturated heterocycles. The van der Waals surface area contributed by atoms with Crippen LogP contribution < -0.4 is 0 Å². The molecular formula is C63H39N7. The van der Waals surface area contributed by atoms with E-state index in [1.165, 1.54) is 4.57 Å². The molecule has 0 N–H and O–H groups in total. The van der Waals surface area contributed by atoms with Gasteiger partial charge < -0.3 is 9.13 Å². The fourth-order valence-corrected chi connectivity index (χ4v) is 10.9. The minimum Gasteiger partial charge on any atom is -0.309 e. The van der Waals surface area contributed by atoms with Gasteiger partial charge in [0, 0.05) is 48.7 Å². The van der Waals surface area contributed by atoms with E-state index in [4.69, 9.17) is 20.4 Å². The summed E-state index contributed by atoms with van der Waals surface area (Å²) in [5.74, 6) is 0.200. The summed E-state index contributed by atoms with van der Waals surface area (Å²) in [6.45, 7) is 0. The molecule has 15 rings (SSSR count). The first-order valence-electron chi connectivity index (χ1n) is 27.1. The fourth-order valence-electron chi connectivity index (χ4n) is 10.9. The lowest BCUT2D eigenvalue weighted by Crippen LogP contribution is -2.12. The van der Waals surface area contributed by atoms with E-state index in [0.717, 1.165) is 87.9 Å². The largest absolute Gasteiger partial charge is 0.309 e. The third kappa shape index (κ3) is 5.48. The number of para-hydroxylation sites is 9. The molecule has 70 heavy (non-hydrogen) atoms. The van der Waals surface area contributed by atoms with Gasteiger partial charge in [-0.25, -0.2) is 0 Å². The fraction of sp³-hybridized carbons (Fsp3) is 0.